The minimum absolute atomic E-state index is 0.0380. The second-order valence-electron chi connectivity index (χ2n) is 6.61. The number of hydrogen-bond acceptors (Lipinski definition) is 9. The Morgan fingerprint density at radius 1 is 1.32 bits per heavy atom. The summed E-state index contributed by atoms with van der Waals surface area (Å²) in [5, 5.41) is 2.85. The van der Waals surface area contributed by atoms with E-state index in [1.165, 1.54) is 12.5 Å². The summed E-state index contributed by atoms with van der Waals surface area (Å²) in [6.45, 7) is 6.30. The van der Waals surface area contributed by atoms with Crippen LogP contribution in [0.25, 0.3) is 11.6 Å². The van der Waals surface area contributed by atoms with Gasteiger partial charge in [0.25, 0.3) is 5.91 Å². The van der Waals surface area contributed by atoms with E-state index in [0.29, 0.717) is 42.8 Å². The quantitative estimate of drug-likeness (QED) is 0.663. The Labute approximate surface area is 161 Å². The van der Waals surface area contributed by atoms with Crippen molar-refractivity contribution < 1.29 is 13.6 Å². The summed E-state index contributed by atoms with van der Waals surface area (Å²) in [4.78, 5) is 31.6. The van der Waals surface area contributed by atoms with Crippen molar-refractivity contribution in [1.82, 2.24) is 30.2 Å². The number of aryl methyl sites for hydroxylation is 2. The number of hydrogen-bond donors (Lipinski definition) is 2. The number of nitrogens with two attached hydrogens (primary N) is 1. The van der Waals surface area contributed by atoms with E-state index >= 15 is 0 Å². The summed E-state index contributed by atoms with van der Waals surface area (Å²) < 4.78 is 10.8. The highest BCUT2D eigenvalue weighted by molar-refractivity contribution is 5.96. The standard InChI is InChI=1S/C18H21N7O3/c1-10-14(18-21-5-8-27-18)24-16(19)15(22-10)17(26)20-4-7-25-6-3-12-13(9-25)28-11(2)23-12/h5,8H,3-4,6-7,9H2,1-2H3,(H2,19,24)(H,20,26). The predicted molar refractivity (Wildman–Crippen MR) is 99.2 cm³/mol. The van der Waals surface area contributed by atoms with Crippen molar-refractivity contribution in [2.24, 2.45) is 0 Å². The van der Waals surface area contributed by atoms with Gasteiger partial charge in [-0.15, -0.1) is 0 Å². The number of nitrogen functional groups attached to an aromatic ring is 1. The van der Waals surface area contributed by atoms with Gasteiger partial charge in [-0.1, -0.05) is 0 Å². The number of amides is 1. The SMILES string of the molecule is Cc1nc2c(o1)CN(CCNC(=O)c1nc(C)c(-c3ncco3)nc1N)CC2. The topological polar surface area (TPSA) is 136 Å². The first kappa shape index (κ1) is 18.1. The van der Waals surface area contributed by atoms with Crippen LogP contribution in [0.1, 0.15) is 33.5 Å². The van der Waals surface area contributed by atoms with Gasteiger partial charge in [0.1, 0.15) is 17.7 Å². The van der Waals surface area contributed by atoms with Crippen LogP contribution in [-0.2, 0) is 13.0 Å². The molecular weight excluding hydrogens is 362 g/mol. The summed E-state index contributed by atoms with van der Waals surface area (Å²) in [5.41, 5.74) is 8.00. The molecule has 0 atom stereocenters. The minimum Gasteiger partial charge on any atom is -0.444 e. The monoisotopic (exact) mass is 383 g/mol. The molecule has 0 saturated carbocycles. The van der Waals surface area contributed by atoms with Gasteiger partial charge in [0.2, 0.25) is 5.89 Å². The van der Waals surface area contributed by atoms with Gasteiger partial charge in [0.15, 0.2) is 17.4 Å². The van der Waals surface area contributed by atoms with Crippen molar-refractivity contribution in [3.05, 3.63) is 41.2 Å². The fourth-order valence-electron chi connectivity index (χ4n) is 3.22. The highest BCUT2D eigenvalue weighted by Gasteiger charge is 2.22. The Hall–Kier alpha value is -3.27. The number of aromatic nitrogens is 4. The molecule has 1 amide bonds. The van der Waals surface area contributed by atoms with Gasteiger partial charge in [-0.2, -0.15) is 0 Å². The van der Waals surface area contributed by atoms with E-state index in [4.69, 9.17) is 14.6 Å². The first-order valence-electron chi connectivity index (χ1n) is 9.01. The van der Waals surface area contributed by atoms with E-state index in [0.717, 1.165) is 24.4 Å². The molecule has 3 aromatic rings. The van der Waals surface area contributed by atoms with Gasteiger partial charge in [-0.05, 0) is 6.92 Å². The molecule has 10 heteroatoms. The zero-order valence-corrected chi connectivity index (χ0v) is 15.7. The van der Waals surface area contributed by atoms with Gasteiger partial charge in [0.05, 0.1) is 24.1 Å². The van der Waals surface area contributed by atoms with Crippen molar-refractivity contribution in [3.8, 4) is 11.6 Å². The molecule has 146 valence electrons. The summed E-state index contributed by atoms with van der Waals surface area (Å²) in [7, 11) is 0. The first-order chi connectivity index (χ1) is 13.5. The normalized spacial score (nSPS) is 14.1. The van der Waals surface area contributed by atoms with Gasteiger partial charge in [0, 0.05) is 33.0 Å². The summed E-state index contributed by atoms with van der Waals surface area (Å²) in [6.07, 6.45) is 3.80. The van der Waals surface area contributed by atoms with Crippen molar-refractivity contribution in [2.75, 3.05) is 25.4 Å². The van der Waals surface area contributed by atoms with Crippen molar-refractivity contribution in [3.63, 3.8) is 0 Å². The molecule has 0 unspecified atom stereocenters. The fourth-order valence-corrected chi connectivity index (χ4v) is 3.22. The van der Waals surface area contributed by atoms with E-state index in [-0.39, 0.29) is 17.4 Å². The first-order valence-corrected chi connectivity index (χ1v) is 9.01. The molecule has 0 aromatic carbocycles. The van der Waals surface area contributed by atoms with Crippen LogP contribution in [-0.4, -0.2) is 50.4 Å². The zero-order chi connectivity index (χ0) is 19.7. The third-order valence-electron chi connectivity index (χ3n) is 4.58. The smallest absolute Gasteiger partial charge is 0.273 e. The van der Waals surface area contributed by atoms with Crippen molar-refractivity contribution in [1.29, 1.82) is 0 Å². The molecule has 3 N–H and O–H groups in total. The average molecular weight is 383 g/mol. The number of nitrogens with zero attached hydrogens (tertiary/aromatic N) is 5. The molecule has 0 saturated heterocycles. The maximum Gasteiger partial charge on any atom is 0.273 e. The molecule has 0 spiro atoms. The number of rotatable bonds is 5. The summed E-state index contributed by atoms with van der Waals surface area (Å²) >= 11 is 0. The Bertz CT molecular complexity index is 997. The lowest BCUT2D eigenvalue weighted by atomic mass is 10.1. The zero-order valence-electron chi connectivity index (χ0n) is 15.7. The number of carbonyl (C=O) groups excluding carboxylic acids is 1. The molecule has 10 nitrogen and oxygen atoms in total. The summed E-state index contributed by atoms with van der Waals surface area (Å²) in [5.74, 6) is 1.59. The van der Waals surface area contributed by atoms with Gasteiger partial charge < -0.3 is 19.9 Å². The van der Waals surface area contributed by atoms with Crippen LogP contribution < -0.4 is 11.1 Å². The molecule has 1 aliphatic heterocycles. The molecule has 0 radical (unpaired) electrons. The number of carbonyl (C=O) groups is 1. The van der Waals surface area contributed by atoms with Crippen LogP contribution in [0.3, 0.4) is 0 Å². The van der Waals surface area contributed by atoms with Crippen LogP contribution in [0, 0.1) is 13.8 Å². The molecule has 1 aliphatic rings. The molecule has 0 aliphatic carbocycles. The Kier molecular flexibility index (Phi) is 4.78. The van der Waals surface area contributed by atoms with Crippen LogP contribution in [0.5, 0.6) is 0 Å². The third-order valence-corrected chi connectivity index (χ3v) is 4.58. The molecular formula is C18H21N7O3. The van der Waals surface area contributed by atoms with Crippen LogP contribution in [0.15, 0.2) is 21.3 Å². The van der Waals surface area contributed by atoms with E-state index < -0.39 is 0 Å². The highest BCUT2D eigenvalue weighted by atomic mass is 16.4. The Morgan fingerprint density at radius 3 is 2.96 bits per heavy atom. The molecule has 3 aromatic heterocycles. The molecule has 28 heavy (non-hydrogen) atoms. The van der Waals surface area contributed by atoms with Crippen LogP contribution >= 0.6 is 0 Å². The molecule has 4 rings (SSSR count). The summed E-state index contributed by atoms with van der Waals surface area (Å²) in [6, 6.07) is 0. The maximum absolute atomic E-state index is 12.5. The number of fused-ring (bicyclic) bond motifs is 1. The minimum atomic E-state index is -0.361. The van der Waals surface area contributed by atoms with Gasteiger partial charge in [-0.3, -0.25) is 9.69 Å². The number of anilines is 1. The van der Waals surface area contributed by atoms with Crippen LogP contribution in [0.2, 0.25) is 0 Å². The maximum atomic E-state index is 12.5. The van der Waals surface area contributed by atoms with E-state index in [1.807, 2.05) is 6.92 Å². The Balaban J connectivity index is 1.36. The molecule has 4 heterocycles. The second kappa shape index (κ2) is 7.39. The number of oxazole rings is 2. The second-order valence-corrected chi connectivity index (χ2v) is 6.61. The number of nitrogens with one attached hydrogen (secondary N) is 1. The largest absolute Gasteiger partial charge is 0.444 e. The van der Waals surface area contributed by atoms with E-state index in [9.17, 15) is 4.79 Å². The van der Waals surface area contributed by atoms with Crippen molar-refractivity contribution in [2.45, 2.75) is 26.8 Å². The highest BCUT2D eigenvalue weighted by Crippen LogP contribution is 2.21. The lowest BCUT2D eigenvalue weighted by Crippen LogP contribution is -2.38. The van der Waals surface area contributed by atoms with Crippen molar-refractivity contribution >= 4 is 11.7 Å². The fraction of sp³-hybridized carbons (Fsp3) is 0.389. The van der Waals surface area contributed by atoms with Crippen LogP contribution in [0.4, 0.5) is 5.82 Å². The third kappa shape index (κ3) is 3.58. The van der Waals surface area contributed by atoms with E-state index in [1.54, 1.807) is 6.92 Å². The van der Waals surface area contributed by atoms with E-state index in [2.05, 4.69) is 30.2 Å². The lowest BCUT2D eigenvalue weighted by Gasteiger charge is -2.24. The predicted octanol–water partition coefficient (Wildman–Crippen LogP) is 1.11. The average Bonchev–Trinajstić information content (AvgIpc) is 3.31. The van der Waals surface area contributed by atoms with Gasteiger partial charge in [-0.25, -0.2) is 19.9 Å². The Morgan fingerprint density at radius 2 is 2.18 bits per heavy atom. The molecule has 0 fully saturated rings. The molecule has 0 bridgehead atoms. The van der Waals surface area contributed by atoms with Gasteiger partial charge >= 0.3 is 0 Å². The lowest BCUT2D eigenvalue weighted by molar-refractivity contribution is 0.0942.